The Labute approximate surface area is 195 Å². The van der Waals surface area contributed by atoms with Crippen LogP contribution in [0.4, 0.5) is 18.0 Å². The minimum atomic E-state index is -5.35. The van der Waals surface area contributed by atoms with Gasteiger partial charge in [-0.05, 0) is 42.9 Å². The summed E-state index contributed by atoms with van der Waals surface area (Å²) in [5.41, 5.74) is -0.0989. The van der Waals surface area contributed by atoms with Crippen molar-refractivity contribution in [2.24, 2.45) is 5.92 Å². The molecule has 11 heteroatoms. The molecule has 188 valence electrons. The number of rotatable bonds is 6. The second-order valence-electron chi connectivity index (χ2n) is 8.61. The van der Waals surface area contributed by atoms with Crippen molar-refractivity contribution in [1.29, 1.82) is 0 Å². The number of halogens is 3. The van der Waals surface area contributed by atoms with Gasteiger partial charge in [0.25, 0.3) is 0 Å². The fourth-order valence-corrected chi connectivity index (χ4v) is 3.98. The lowest BCUT2D eigenvalue weighted by molar-refractivity contribution is -0.202. The minimum absolute atomic E-state index is 0.0222. The average Bonchev–Trinajstić information content (AvgIpc) is 2.90. The molecule has 1 saturated heterocycles. The highest BCUT2D eigenvalue weighted by Crippen LogP contribution is 2.38. The second kappa shape index (κ2) is 10.9. The lowest BCUT2D eigenvalue weighted by atomic mass is 9.73. The van der Waals surface area contributed by atoms with Crippen LogP contribution in [0.5, 0.6) is 5.75 Å². The molecule has 0 aliphatic carbocycles. The van der Waals surface area contributed by atoms with Crippen LogP contribution in [0.2, 0.25) is 0 Å². The van der Waals surface area contributed by atoms with E-state index in [0.29, 0.717) is 24.9 Å². The first-order valence-corrected chi connectivity index (χ1v) is 11.0. The molecule has 2 rings (SSSR count). The molecular weight excluding hydrogens is 457 g/mol. The van der Waals surface area contributed by atoms with E-state index in [4.69, 9.17) is 4.74 Å². The van der Waals surface area contributed by atoms with E-state index in [1.165, 1.54) is 19.9 Å². The van der Waals surface area contributed by atoms with Crippen LogP contribution < -0.4 is 10.1 Å². The summed E-state index contributed by atoms with van der Waals surface area (Å²) in [4.78, 5) is 50.2. The fourth-order valence-electron chi connectivity index (χ4n) is 3.98. The lowest BCUT2D eigenvalue weighted by Gasteiger charge is -2.33. The molecule has 2 amide bonds. The van der Waals surface area contributed by atoms with Crippen molar-refractivity contribution in [1.82, 2.24) is 10.2 Å². The van der Waals surface area contributed by atoms with Gasteiger partial charge >= 0.3 is 24.2 Å². The van der Waals surface area contributed by atoms with Crippen LogP contribution in [-0.4, -0.2) is 54.6 Å². The first kappa shape index (κ1) is 27.1. The highest BCUT2D eigenvalue weighted by atomic mass is 19.4. The largest absolute Gasteiger partial charge is 0.491 e. The molecule has 1 fully saturated rings. The second-order valence-corrected chi connectivity index (χ2v) is 8.61. The Balaban J connectivity index is 2.18. The normalized spacial score (nSPS) is 19.9. The zero-order valence-electron chi connectivity index (χ0n) is 19.5. The van der Waals surface area contributed by atoms with E-state index < -0.39 is 41.6 Å². The quantitative estimate of drug-likeness (QED) is 0.486. The third-order valence-electron chi connectivity index (χ3n) is 5.92. The molecule has 2 unspecified atom stereocenters. The number of hydrogen-bond donors (Lipinski definition) is 1. The van der Waals surface area contributed by atoms with Crippen LogP contribution in [-0.2, 0) is 24.5 Å². The number of esters is 2. The molecule has 1 aromatic rings. The van der Waals surface area contributed by atoms with Crippen molar-refractivity contribution in [3.05, 3.63) is 29.8 Å². The number of alkyl halides is 3. The van der Waals surface area contributed by atoms with Gasteiger partial charge < -0.3 is 19.7 Å². The lowest BCUT2D eigenvalue weighted by Crippen LogP contribution is -2.48. The van der Waals surface area contributed by atoms with Crippen molar-refractivity contribution < 1.29 is 41.8 Å². The Morgan fingerprint density at radius 2 is 1.88 bits per heavy atom. The molecule has 1 N–H and O–H groups in total. The maximum atomic E-state index is 13.1. The molecule has 1 heterocycles. The number of nitrogens with zero attached hydrogens (tertiary/aromatic N) is 1. The maximum Gasteiger partial charge on any atom is 0.491 e. The zero-order chi connectivity index (χ0) is 25.7. The Morgan fingerprint density at radius 3 is 2.47 bits per heavy atom. The number of likely N-dealkylation sites (N-methyl/N-ethyl adjacent to an activating group) is 1. The molecule has 0 bridgehead atoms. The SMILES string of the molecule is CCC1(c2cccc(OC(=O)NC(C(=O)OC(=O)C(F)(F)F)C(C)C)c2)CCCCN(C)C1=O. The Kier molecular flexibility index (Phi) is 8.68. The van der Waals surface area contributed by atoms with Crippen molar-refractivity contribution in [2.75, 3.05) is 13.6 Å². The van der Waals surface area contributed by atoms with E-state index in [1.54, 1.807) is 30.1 Å². The van der Waals surface area contributed by atoms with E-state index in [9.17, 15) is 32.3 Å². The van der Waals surface area contributed by atoms with E-state index >= 15 is 0 Å². The van der Waals surface area contributed by atoms with Crippen molar-refractivity contribution in [2.45, 2.75) is 64.1 Å². The number of benzene rings is 1. The molecule has 1 aliphatic heterocycles. The smallest absolute Gasteiger partial charge is 0.410 e. The van der Waals surface area contributed by atoms with Gasteiger partial charge in [-0.3, -0.25) is 4.79 Å². The van der Waals surface area contributed by atoms with E-state index in [-0.39, 0.29) is 11.7 Å². The van der Waals surface area contributed by atoms with Crippen molar-refractivity contribution in [3.8, 4) is 5.75 Å². The van der Waals surface area contributed by atoms with E-state index in [1.807, 2.05) is 6.92 Å². The van der Waals surface area contributed by atoms with Gasteiger partial charge in [-0.2, -0.15) is 13.2 Å². The summed E-state index contributed by atoms with van der Waals surface area (Å²) in [5.74, 6) is -4.86. The molecule has 0 spiro atoms. The molecule has 1 aromatic carbocycles. The first-order valence-electron chi connectivity index (χ1n) is 11.0. The molecule has 0 radical (unpaired) electrons. The van der Waals surface area contributed by atoms with Crippen LogP contribution in [0.15, 0.2) is 24.3 Å². The number of carbonyl (C=O) groups is 4. The predicted octanol–water partition coefficient (Wildman–Crippen LogP) is 3.72. The number of ether oxygens (including phenoxy) is 2. The summed E-state index contributed by atoms with van der Waals surface area (Å²) >= 11 is 0. The fraction of sp³-hybridized carbons (Fsp3) is 0.565. The van der Waals surface area contributed by atoms with Gasteiger partial charge in [-0.1, -0.05) is 39.3 Å². The van der Waals surface area contributed by atoms with Crippen LogP contribution >= 0.6 is 0 Å². The third kappa shape index (κ3) is 6.27. The van der Waals surface area contributed by atoms with Crippen LogP contribution in [0.3, 0.4) is 0 Å². The zero-order valence-corrected chi connectivity index (χ0v) is 19.5. The van der Waals surface area contributed by atoms with Gasteiger partial charge in [0.15, 0.2) is 0 Å². The Bertz CT molecular complexity index is 934. The molecule has 2 atom stereocenters. The summed E-state index contributed by atoms with van der Waals surface area (Å²) in [5, 5.41) is 2.14. The van der Waals surface area contributed by atoms with Crippen LogP contribution in [0.25, 0.3) is 0 Å². The van der Waals surface area contributed by atoms with Gasteiger partial charge in [-0.25, -0.2) is 14.4 Å². The molecule has 0 saturated carbocycles. The van der Waals surface area contributed by atoms with Gasteiger partial charge in [0.05, 0.1) is 5.41 Å². The number of carbonyl (C=O) groups excluding carboxylic acids is 4. The predicted molar refractivity (Wildman–Crippen MR) is 115 cm³/mol. The first-order chi connectivity index (χ1) is 15.8. The van der Waals surface area contributed by atoms with Gasteiger partial charge in [-0.15, -0.1) is 0 Å². The van der Waals surface area contributed by atoms with Crippen LogP contribution in [0.1, 0.15) is 52.0 Å². The third-order valence-corrected chi connectivity index (χ3v) is 5.92. The standard InChI is InChI=1S/C23H29F3N2O6/c1-5-22(11-6-7-12-28(4)19(22)30)15-9-8-10-16(13-15)33-21(32)27-17(14(2)3)18(29)34-20(31)23(24,25)26/h8-10,13-14,17H,5-7,11-12H2,1-4H3,(H,27,32). The van der Waals surface area contributed by atoms with Gasteiger partial charge in [0.2, 0.25) is 5.91 Å². The van der Waals surface area contributed by atoms with Crippen molar-refractivity contribution in [3.63, 3.8) is 0 Å². The van der Waals surface area contributed by atoms with Crippen LogP contribution in [0, 0.1) is 5.92 Å². The average molecular weight is 486 g/mol. The monoisotopic (exact) mass is 486 g/mol. The Morgan fingerprint density at radius 1 is 1.21 bits per heavy atom. The highest BCUT2D eigenvalue weighted by molar-refractivity contribution is 5.92. The van der Waals surface area contributed by atoms with Crippen molar-refractivity contribution >= 4 is 23.9 Å². The summed E-state index contributed by atoms with van der Waals surface area (Å²) in [6, 6.07) is 4.90. The summed E-state index contributed by atoms with van der Waals surface area (Å²) in [6.45, 7) is 5.47. The van der Waals surface area contributed by atoms with E-state index in [0.717, 1.165) is 12.8 Å². The molecule has 0 aromatic heterocycles. The van der Waals surface area contributed by atoms with Gasteiger partial charge in [0.1, 0.15) is 11.8 Å². The molecular formula is C23H29F3N2O6. The minimum Gasteiger partial charge on any atom is -0.410 e. The maximum absolute atomic E-state index is 13.1. The summed E-state index contributed by atoms with van der Waals surface area (Å²) in [7, 11) is 1.75. The molecule has 34 heavy (non-hydrogen) atoms. The summed E-state index contributed by atoms with van der Waals surface area (Å²) in [6.07, 6.45) is -3.56. The highest BCUT2D eigenvalue weighted by Gasteiger charge is 2.44. The Hall–Kier alpha value is -3.11. The van der Waals surface area contributed by atoms with Gasteiger partial charge in [0, 0.05) is 13.6 Å². The van der Waals surface area contributed by atoms with E-state index in [2.05, 4.69) is 10.1 Å². The number of hydrogen-bond acceptors (Lipinski definition) is 6. The topological polar surface area (TPSA) is 102 Å². The summed E-state index contributed by atoms with van der Waals surface area (Å²) < 4.78 is 46.2. The number of amides is 2. The molecule has 1 aliphatic rings. The number of likely N-dealkylation sites (tertiary alicyclic amines) is 1. The molecule has 8 nitrogen and oxygen atoms in total. The number of nitrogens with one attached hydrogen (secondary N) is 1.